The highest BCUT2D eigenvalue weighted by atomic mass is 16.2. The summed E-state index contributed by atoms with van der Waals surface area (Å²) in [4.78, 5) is 12.7. The second kappa shape index (κ2) is 6.40. The topological polar surface area (TPSA) is 41.1 Å². The Morgan fingerprint density at radius 3 is 2.80 bits per heavy atom. The summed E-state index contributed by atoms with van der Waals surface area (Å²) >= 11 is 0. The minimum Gasteiger partial charge on any atom is -0.349 e. The molecule has 2 N–H and O–H groups in total. The summed E-state index contributed by atoms with van der Waals surface area (Å²) < 4.78 is 0. The second-order valence-electron chi connectivity index (χ2n) is 5.97. The van der Waals surface area contributed by atoms with Crippen LogP contribution in [0.15, 0.2) is 24.3 Å². The van der Waals surface area contributed by atoms with Crippen molar-refractivity contribution in [3.63, 3.8) is 0 Å². The molecule has 1 saturated heterocycles. The number of benzene rings is 1. The van der Waals surface area contributed by atoms with Crippen molar-refractivity contribution in [1.29, 1.82) is 0 Å². The molecule has 0 aromatic heterocycles. The molecule has 1 aromatic carbocycles. The molecule has 1 aromatic rings. The molecule has 1 aliphatic rings. The summed E-state index contributed by atoms with van der Waals surface area (Å²) in [6.07, 6.45) is 2.97. The van der Waals surface area contributed by atoms with E-state index in [-0.39, 0.29) is 17.4 Å². The molecule has 0 aliphatic carbocycles. The van der Waals surface area contributed by atoms with Crippen molar-refractivity contribution < 1.29 is 4.79 Å². The molecule has 1 aliphatic heterocycles. The standard InChI is InChI=1S/C17H26N2O/c1-4-17(10-7-11-18-12-17)16(20)19-14(3)15-9-6-5-8-13(15)2/h5-6,8-9,14,18H,4,7,10-12H2,1-3H3,(H,19,20)/t14-,17?/m0/s1. The maximum absolute atomic E-state index is 12.7. The van der Waals surface area contributed by atoms with Crippen LogP contribution in [0.4, 0.5) is 0 Å². The zero-order valence-corrected chi connectivity index (χ0v) is 12.8. The van der Waals surface area contributed by atoms with Crippen LogP contribution >= 0.6 is 0 Å². The molecule has 1 fully saturated rings. The van der Waals surface area contributed by atoms with E-state index < -0.39 is 0 Å². The number of hydrogen-bond donors (Lipinski definition) is 2. The van der Waals surface area contributed by atoms with Crippen molar-refractivity contribution in [2.24, 2.45) is 5.41 Å². The Balaban J connectivity index is 2.08. The molecule has 0 spiro atoms. The number of piperidine rings is 1. The molecule has 3 nitrogen and oxygen atoms in total. The third-order valence-electron chi connectivity index (χ3n) is 4.63. The molecule has 1 heterocycles. The van der Waals surface area contributed by atoms with Gasteiger partial charge in [0.05, 0.1) is 11.5 Å². The van der Waals surface area contributed by atoms with Crippen LogP contribution in [-0.2, 0) is 4.79 Å². The van der Waals surface area contributed by atoms with E-state index in [1.54, 1.807) is 0 Å². The Kier molecular flexibility index (Phi) is 4.81. The summed E-state index contributed by atoms with van der Waals surface area (Å²) in [6.45, 7) is 8.11. The molecule has 110 valence electrons. The van der Waals surface area contributed by atoms with E-state index in [9.17, 15) is 4.79 Å². The molecule has 2 rings (SSSR count). The molecule has 3 heteroatoms. The van der Waals surface area contributed by atoms with E-state index in [0.717, 1.165) is 32.4 Å². The monoisotopic (exact) mass is 274 g/mol. The SMILES string of the molecule is CCC1(C(=O)N[C@@H](C)c2ccccc2C)CCCNC1. The first-order valence-corrected chi connectivity index (χ1v) is 7.66. The van der Waals surface area contributed by atoms with Crippen LogP contribution in [-0.4, -0.2) is 19.0 Å². The quantitative estimate of drug-likeness (QED) is 0.886. The predicted molar refractivity (Wildman–Crippen MR) is 82.6 cm³/mol. The van der Waals surface area contributed by atoms with Gasteiger partial charge in [0, 0.05) is 6.54 Å². The van der Waals surface area contributed by atoms with Crippen LogP contribution in [0, 0.1) is 12.3 Å². The highest BCUT2D eigenvalue weighted by Gasteiger charge is 2.38. The normalized spacial score (nSPS) is 24.1. The maximum atomic E-state index is 12.7. The van der Waals surface area contributed by atoms with Crippen molar-refractivity contribution in [1.82, 2.24) is 10.6 Å². The molecule has 0 saturated carbocycles. The van der Waals surface area contributed by atoms with Crippen molar-refractivity contribution >= 4 is 5.91 Å². The number of hydrogen-bond acceptors (Lipinski definition) is 2. The van der Waals surface area contributed by atoms with Crippen LogP contribution < -0.4 is 10.6 Å². The van der Waals surface area contributed by atoms with Gasteiger partial charge in [0.15, 0.2) is 0 Å². The number of rotatable bonds is 4. The molecule has 1 amide bonds. The Hall–Kier alpha value is -1.35. The first-order valence-electron chi connectivity index (χ1n) is 7.66. The van der Waals surface area contributed by atoms with Gasteiger partial charge in [-0.1, -0.05) is 31.2 Å². The van der Waals surface area contributed by atoms with Crippen LogP contribution in [0.25, 0.3) is 0 Å². The van der Waals surface area contributed by atoms with Crippen LogP contribution in [0.3, 0.4) is 0 Å². The summed E-state index contributed by atoms with van der Waals surface area (Å²) in [7, 11) is 0. The number of aryl methyl sites for hydroxylation is 1. The summed E-state index contributed by atoms with van der Waals surface area (Å²) in [6, 6.07) is 8.32. The minimum atomic E-state index is -0.227. The maximum Gasteiger partial charge on any atom is 0.227 e. The smallest absolute Gasteiger partial charge is 0.227 e. The molecule has 2 atom stereocenters. The molecule has 0 radical (unpaired) electrons. The van der Waals surface area contributed by atoms with Gasteiger partial charge in [0.1, 0.15) is 0 Å². The minimum absolute atomic E-state index is 0.0639. The Morgan fingerprint density at radius 2 is 2.20 bits per heavy atom. The van der Waals surface area contributed by atoms with E-state index in [4.69, 9.17) is 0 Å². The average Bonchev–Trinajstić information content (AvgIpc) is 2.48. The number of carbonyl (C=O) groups excluding carboxylic acids is 1. The van der Waals surface area contributed by atoms with Crippen molar-refractivity contribution in [2.75, 3.05) is 13.1 Å². The Bertz CT molecular complexity index is 464. The van der Waals surface area contributed by atoms with E-state index in [1.807, 2.05) is 12.1 Å². The van der Waals surface area contributed by atoms with Gasteiger partial charge < -0.3 is 10.6 Å². The van der Waals surface area contributed by atoms with Gasteiger partial charge in [-0.05, 0) is 50.8 Å². The van der Waals surface area contributed by atoms with Gasteiger partial charge >= 0.3 is 0 Å². The van der Waals surface area contributed by atoms with E-state index in [2.05, 4.69) is 43.5 Å². The lowest BCUT2D eigenvalue weighted by Crippen LogP contribution is -2.50. The van der Waals surface area contributed by atoms with Crippen molar-refractivity contribution in [2.45, 2.75) is 46.1 Å². The van der Waals surface area contributed by atoms with Gasteiger partial charge in [-0.25, -0.2) is 0 Å². The highest BCUT2D eigenvalue weighted by molar-refractivity contribution is 5.83. The van der Waals surface area contributed by atoms with E-state index >= 15 is 0 Å². The van der Waals surface area contributed by atoms with Crippen molar-refractivity contribution in [3.05, 3.63) is 35.4 Å². The fourth-order valence-corrected chi connectivity index (χ4v) is 3.12. The number of amides is 1. The lowest BCUT2D eigenvalue weighted by atomic mass is 9.77. The van der Waals surface area contributed by atoms with Gasteiger partial charge in [-0.15, -0.1) is 0 Å². The molecular weight excluding hydrogens is 248 g/mol. The molecule has 1 unspecified atom stereocenters. The third kappa shape index (κ3) is 3.04. The number of nitrogens with one attached hydrogen (secondary N) is 2. The van der Waals surface area contributed by atoms with E-state index in [1.165, 1.54) is 11.1 Å². The highest BCUT2D eigenvalue weighted by Crippen LogP contribution is 2.31. The largest absolute Gasteiger partial charge is 0.349 e. The molecular formula is C17H26N2O. The fraction of sp³-hybridized carbons (Fsp3) is 0.588. The predicted octanol–water partition coefficient (Wildman–Crippen LogP) is 2.95. The first-order chi connectivity index (χ1) is 9.59. The van der Waals surface area contributed by atoms with Gasteiger partial charge in [0.2, 0.25) is 5.91 Å². The van der Waals surface area contributed by atoms with Gasteiger partial charge in [-0.2, -0.15) is 0 Å². The molecule has 0 bridgehead atoms. The lowest BCUT2D eigenvalue weighted by molar-refractivity contribution is -0.133. The molecule has 20 heavy (non-hydrogen) atoms. The summed E-state index contributed by atoms with van der Waals surface area (Å²) in [5.41, 5.74) is 2.21. The van der Waals surface area contributed by atoms with Gasteiger partial charge in [0.25, 0.3) is 0 Å². The summed E-state index contributed by atoms with van der Waals surface area (Å²) in [5, 5.41) is 6.59. The summed E-state index contributed by atoms with van der Waals surface area (Å²) in [5.74, 6) is 0.197. The zero-order chi connectivity index (χ0) is 14.6. The average molecular weight is 274 g/mol. The van der Waals surface area contributed by atoms with Crippen LogP contribution in [0.5, 0.6) is 0 Å². The third-order valence-corrected chi connectivity index (χ3v) is 4.63. The second-order valence-corrected chi connectivity index (χ2v) is 5.97. The fourth-order valence-electron chi connectivity index (χ4n) is 3.12. The lowest BCUT2D eigenvalue weighted by Gasteiger charge is -2.36. The van der Waals surface area contributed by atoms with Crippen LogP contribution in [0.2, 0.25) is 0 Å². The van der Waals surface area contributed by atoms with Gasteiger partial charge in [-0.3, -0.25) is 4.79 Å². The van der Waals surface area contributed by atoms with E-state index in [0.29, 0.717) is 0 Å². The number of carbonyl (C=O) groups is 1. The van der Waals surface area contributed by atoms with Crippen molar-refractivity contribution in [3.8, 4) is 0 Å². The Morgan fingerprint density at radius 1 is 1.45 bits per heavy atom. The first kappa shape index (κ1) is 15.0. The van der Waals surface area contributed by atoms with Crippen LogP contribution in [0.1, 0.15) is 50.3 Å². The zero-order valence-electron chi connectivity index (χ0n) is 12.8. The Labute approximate surface area is 122 Å².